The molecule has 0 bridgehead atoms. The molecule has 0 saturated carbocycles. The van der Waals surface area contributed by atoms with Crippen LogP contribution in [0.2, 0.25) is 0 Å². The van der Waals surface area contributed by atoms with Crippen LogP contribution in [-0.4, -0.2) is 16.7 Å². The van der Waals surface area contributed by atoms with E-state index in [9.17, 15) is 0 Å². The number of methoxy groups -OCH3 is 1. The maximum absolute atomic E-state index is 5.99. The number of thiophene rings is 1. The molecule has 92 valence electrons. The molecule has 0 aliphatic heterocycles. The molecule has 0 amide bonds. The predicted molar refractivity (Wildman–Crippen MR) is 74.1 cm³/mol. The van der Waals surface area contributed by atoms with Crippen molar-refractivity contribution in [3.05, 3.63) is 40.6 Å². The molecule has 0 spiro atoms. The highest BCUT2D eigenvalue weighted by atomic mass is 32.1. The van der Waals surface area contributed by atoms with E-state index in [1.807, 2.05) is 28.8 Å². The van der Waals surface area contributed by atoms with Crippen molar-refractivity contribution in [3.63, 3.8) is 0 Å². The molecule has 2 aromatic heterocycles. The predicted octanol–water partition coefficient (Wildman–Crippen LogP) is 2.74. The number of nitrogen functional groups attached to an aromatic ring is 1. The topological polar surface area (TPSA) is 53.1 Å². The fourth-order valence-corrected chi connectivity index (χ4v) is 2.72. The number of nitrogens with two attached hydrogens (primary N) is 1. The lowest BCUT2D eigenvalue weighted by Crippen LogP contribution is -2.03. The highest BCUT2D eigenvalue weighted by Crippen LogP contribution is 2.27. The molecule has 0 saturated heterocycles. The van der Waals surface area contributed by atoms with Gasteiger partial charge in [-0.05, 0) is 23.6 Å². The van der Waals surface area contributed by atoms with Gasteiger partial charge in [0, 0.05) is 4.88 Å². The van der Waals surface area contributed by atoms with Crippen LogP contribution in [0.1, 0.15) is 4.88 Å². The molecule has 1 aromatic carbocycles. The molecule has 0 aliphatic rings. The molecule has 2 heterocycles. The lowest BCUT2D eigenvalue weighted by molar-refractivity contribution is 0.419. The largest absolute Gasteiger partial charge is 0.494 e. The van der Waals surface area contributed by atoms with Gasteiger partial charge < -0.3 is 15.0 Å². The van der Waals surface area contributed by atoms with Crippen LogP contribution in [0.4, 0.5) is 5.95 Å². The number of hydrogen-bond acceptors (Lipinski definition) is 4. The zero-order valence-electron chi connectivity index (χ0n) is 9.96. The summed E-state index contributed by atoms with van der Waals surface area (Å²) in [5.41, 5.74) is 7.81. The van der Waals surface area contributed by atoms with Gasteiger partial charge >= 0.3 is 0 Å². The van der Waals surface area contributed by atoms with Crippen LogP contribution in [0.25, 0.3) is 11.0 Å². The Kier molecular flexibility index (Phi) is 2.68. The van der Waals surface area contributed by atoms with Gasteiger partial charge in [0.1, 0.15) is 11.3 Å². The summed E-state index contributed by atoms with van der Waals surface area (Å²) in [7, 11) is 1.64. The van der Waals surface area contributed by atoms with E-state index in [2.05, 4.69) is 16.4 Å². The normalized spacial score (nSPS) is 10.9. The Bertz CT molecular complexity index is 673. The lowest BCUT2D eigenvalue weighted by atomic mass is 10.3. The second-order valence-electron chi connectivity index (χ2n) is 3.96. The van der Waals surface area contributed by atoms with Gasteiger partial charge in [0.2, 0.25) is 5.95 Å². The summed E-state index contributed by atoms with van der Waals surface area (Å²) < 4.78 is 7.31. The maximum atomic E-state index is 5.99. The average Bonchev–Trinajstić information content (AvgIpc) is 2.99. The Labute approximate surface area is 109 Å². The van der Waals surface area contributed by atoms with E-state index in [1.165, 1.54) is 4.88 Å². The van der Waals surface area contributed by atoms with Crippen molar-refractivity contribution in [3.8, 4) is 5.75 Å². The monoisotopic (exact) mass is 259 g/mol. The minimum absolute atomic E-state index is 0.517. The minimum atomic E-state index is 0.517. The van der Waals surface area contributed by atoms with Crippen LogP contribution >= 0.6 is 11.3 Å². The van der Waals surface area contributed by atoms with Gasteiger partial charge in [-0.15, -0.1) is 11.3 Å². The SMILES string of the molecule is COc1cccc2c1nc(N)n2Cc1cccs1. The Morgan fingerprint density at radius 3 is 2.94 bits per heavy atom. The number of anilines is 1. The van der Waals surface area contributed by atoms with E-state index in [1.54, 1.807) is 18.4 Å². The first-order valence-electron chi connectivity index (χ1n) is 5.60. The van der Waals surface area contributed by atoms with Gasteiger partial charge in [0.05, 0.1) is 19.2 Å². The number of benzene rings is 1. The Morgan fingerprint density at radius 2 is 2.22 bits per heavy atom. The highest BCUT2D eigenvalue weighted by Gasteiger charge is 2.12. The van der Waals surface area contributed by atoms with Crippen LogP contribution in [-0.2, 0) is 6.54 Å². The average molecular weight is 259 g/mol. The van der Waals surface area contributed by atoms with E-state index < -0.39 is 0 Å². The molecular weight excluding hydrogens is 246 g/mol. The van der Waals surface area contributed by atoms with Gasteiger partial charge in [0.25, 0.3) is 0 Å². The maximum Gasteiger partial charge on any atom is 0.201 e. The summed E-state index contributed by atoms with van der Waals surface area (Å²) >= 11 is 1.71. The third kappa shape index (κ3) is 1.73. The Hall–Kier alpha value is -2.01. The number of hydrogen-bond donors (Lipinski definition) is 1. The number of rotatable bonds is 3. The third-order valence-electron chi connectivity index (χ3n) is 2.89. The summed E-state index contributed by atoms with van der Waals surface area (Å²) in [5, 5.41) is 2.06. The molecule has 0 aliphatic carbocycles. The molecule has 4 nitrogen and oxygen atoms in total. The lowest BCUT2D eigenvalue weighted by Gasteiger charge is -2.05. The zero-order valence-corrected chi connectivity index (χ0v) is 10.8. The van der Waals surface area contributed by atoms with Gasteiger partial charge in [-0.3, -0.25) is 0 Å². The van der Waals surface area contributed by atoms with Crippen molar-refractivity contribution in [2.75, 3.05) is 12.8 Å². The quantitative estimate of drug-likeness (QED) is 0.787. The number of fused-ring (bicyclic) bond motifs is 1. The fourth-order valence-electron chi connectivity index (χ4n) is 2.03. The number of para-hydroxylation sites is 1. The van der Waals surface area contributed by atoms with Crippen molar-refractivity contribution in [2.24, 2.45) is 0 Å². The summed E-state index contributed by atoms with van der Waals surface area (Å²) in [6.07, 6.45) is 0. The molecule has 18 heavy (non-hydrogen) atoms. The van der Waals surface area contributed by atoms with Gasteiger partial charge in [-0.25, -0.2) is 4.98 Å². The van der Waals surface area contributed by atoms with E-state index in [0.717, 1.165) is 23.3 Å². The van der Waals surface area contributed by atoms with Gasteiger partial charge in [-0.2, -0.15) is 0 Å². The zero-order chi connectivity index (χ0) is 12.5. The molecule has 0 atom stereocenters. The van der Waals surface area contributed by atoms with Crippen LogP contribution in [0, 0.1) is 0 Å². The van der Waals surface area contributed by atoms with E-state index >= 15 is 0 Å². The summed E-state index contributed by atoms with van der Waals surface area (Å²) in [6.45, 7) is 0.743. The van der Waals surface area contributed by atoms with E-state index in [0.29, 0.717) is 5.95 Å². The summed E-state index contributed by atoms with van der Waals surface area (Å²) in [6, 6.07) is 9.98. The van der Waals surface area contributed by atoms with Crippen molar-refractivity contribution in [1.29, 1.82) is 0 Å². The summed E-state index contributed by atoms with van der Waals surface area (Å²) in [5.74, 6) is 1.27. The Balaban J connectivity index is 2.14. The van der Waals surface area contributed by atoms with Gasteiger partial charge in [-0.1, -0.05) is 12.1 Å². The highest BCUT2D eigenvalue weighted by molar-refractivity contribution is 7.09. The Morgan fingerprint density at radius 1 is 1.33 bits per heavy atom. The van der Waals surface area contributed by atoms with Crippen molar-refractivity contribution >= 4 is 28.3 Å². The van der Waals surface area contributed by atoms with Crippen LogP contribution in [0.3, 0.4) is 0 Å². The van der Waals surface area contributed by atoms with Crippen LogP contribution in [0.15, 0.2) is 35.7 Å². The molecule has 3 rings (SSSR count). The number of imidazole rings is 1. The number of ether oxygens (including phenoxy) is 1. The van der Waals surface area contributed by atoms with E-state index in [4.69, 9.17) is 10.5 Å². The van der Waals surface area contributed by atoms with Crippen molar-refractivity contribution in [1.82, 2.24) is 9.55 Å². The molecule has 5 heteroatoms. The summed E-state index contributed by atoms with van der Waals surface area (Å²) in [4.78, 5) is 5.64. The first-order chi connectivity index (χ1) is 8.79. The standard InChI is InChI=1S/C13H13N3OS/c1-17-11-6-2-5-10-12(11)15-13(14)16(10)8-9-4-3-7-18-9/h2-7H,8H2,1H3,(H2,14,15). The van der Waals surface area contributed by atoms with Crippen LogP contribution < -0.4 is 10.5 Å². The van der Waals surface area contributed by atoms with Gasteiger partial charge in [0.15, 0.2) is 0 Å². The molecule has 0 unspecified atom stereocenters. The minimum Gasteiger partial charge on any atom is -0.494 e. The molecule has 3 aromatic rings. The third-order valence-corrected chi connectivity index (χ3v) is 3.75. The first-order valence-corrected chi connectivity index (χ1v) is 6.48. The molecule has 0 radical (unpaired) electrons. The molecular formula is C13H13N3OS. The van der Waals surface area contributed by atoms with Crippen molar-refractivity contribution in [2.45, 2.75) is 6.54 Å². The second kappa shape index (κ2) is 4.34. The number of nitrogens with zero attached hydrogens (tertiary/aromatic N) is 2. The van der Waals surface area contributed by atoms with Crippen LogP contribution in [0.5, 0.6) is 5.75 Å². The number of aromatic nitrogens is 2. The molecule has 2 N–H and O–H groups in total. The fraction of sp³-hybridized carbons (Fsp3) is 0.154. The first kappa shape index (κ1) is 11.1. The van der Waals surface area contributed by atoms with Crippen molar-refractivity contribution < 1.29 is 4.74 Å². The smallest absolute Gasteiger partial charge is 0.201 e. The van der Waals surface area contributed by atoms with E-state index in [-0.39, 0.29) is 0 Å². The second-order valence-corrected chi connectivity index (χ2v) is 5.00. The molecule has 0 fully saturated rings.